The highest BCUT2D eigenvalue weighted by molar-refractivity contribution is 5.88. The van der Waals surface area contributed by atoms with Crippen LogP contribution in [0.2, 0.25) is 0 Å². The van der Waals surface area contributed by atoms with Gasteiger partial charge in [-0.2, -0.15) is 0 Å². The maximum atomic E-state index is 12.3. The number of hydrogen-bond acceptors (Lipinski definition) is 2. The lowest BCUT2D eigenvalue weighted by Gasteiger charge is -2.26. The second kappa shape index (κ2) is 6.40. The fourth-order valence-electron chi connectivity index (χ4n) is 3.17. The van der Waals surface area contributed by atoms with Gasteiger partial charge in [-0.1, -0.05) is 26.7 Å². The average Bonchev–Trinajstić information content (AvgIpc) is 2.97. The molecule has 1 aliphatic carbocycles. The first kappa shape index (κ1) is 14.4. The van der Waals surface area contributed by atoms with Crippen LogP contribution >= 0.6 is 0 Å². The van der Waals surface area contributed by atoms with Gasteiger partial charge in [0.15, 0.2) is 0 Å². The Hall–Kier alpha value is -1.06. The molecule has 2 rings (SSSR count). The Morgan fingerprint density at radius 1 is 1.16 bits per heavy atom. The highest BCUT2D eigenvalue weighted by Gasteiger charge is 2.35. The Morgan fingerprint density at radius 2 is 1.84 bits per heavy atom. The van der Waals surface area contributed by atoms with E-state index in [1.165, 1.54) is 12.8 Å². The Bertz CT molecular complexity index is 335. The van der Waals surface area contributed by atoms with Crippen LogP contribution < -0.4 is 5.32 Å². The van der Waals surface area contributed by atoms with Crippen molar-refractivity contribution in [2.75, 3.05) is 6.54 Å². The summed E-state index contributed by atoms with van der Waals surface area (Å²) in [5.41, 5.74) is 0. The summed E-state index contributed by atoms with van der Waals surface area (Å²) in [5.74, 6) is 0.562. The van der Waals surface area contributed by atoms with Gasteiger partial charge in [0.1, 0.15) is 6.04 Å². The maximum Gasteiger partial charge on any atom is 0.243 e. The van der Waals surface area contributed by atoms with Crippen molar-refractivity contribution >= 4 is 11.8 Å². The number of likely N-dealkylation sites (tertiary alicyclic amines) is 1. The van der Waals surface area contributed by atoms with Crippen LogP contribution in [-0.2, 0) is 9.59 Å². The summed E-state index contributed by atoms with van der Waals surface area (Å²) in [4.78, 5) is 26.2. The summed E-state index contributed by atoms with van der Waals surface area (Å²) in [6.07, 6.45) is 6.94. The number of nitrogens with one attached hydrogen (secondary N) is 1. The molecule has 19 heavy (non-hydrogen) atoms. The van der Waals surface area contributed by atoms with Gasteiger partial charge in [-0.05, 0) is 31.6 Å². The molecule has 2 amide bonds. The van der Waals surface area contributed by atoms with E-state index in [1.54, 1.807) is 4.90 Å². The SMILES string of the molecule is CC(C)CC(=O)N1CCCC1C(=O)NC1CCCC1. The quantitative estimate of drug-likeness (QED) is 0.847. The van der Waals surface area contributed by atoms with Crippen molar-refractivity contribution in [3.8, 4) is 0 Å². The highest BCUT2D eigenvalue weighted by atomic mass is 16.2. The predicted octanol–water partition coefficient (Wildman–Crippen LogP) is 2.08. The Balaban J connectivity index is 1.89. The van der Waals surface area contributed by atoms with Gasteiger partial charge in [0.25, 0.3) is 0 Å². The van der Waals surface area contributed by atoms with Crippen LogP contribution in [0.15, 0.2) is 0 Å². The first-order chi connectivity index (χ1) is 9.08. The number of nitrogens with zero attached hydrogens (tertiary/aromatic N) is 1. The third-order valence-corrected chi connectivity index (χ3v) is 4.16. The van der Waals surface area contributed by atoms with Gasteiger partial charge in [-0.3, -0.25) is 9.59 Å². The van der Waals surface area contributed by atoms with E-state index in [-0.39, 0.29) is 17.9 Å². The lowest BCUT2D eigenvalue weighted by Crippen LogP contribution is -2.48. The molecule has 2 fully saturated rings. The molecule has 0 aromatic rings. The largest absolute Gasteiger partial charge is 0.352 e. The molecule has 1 saturated carbocycles. The molecule has 0 bridgehead atoms. The first-order valence-corrected chi connectivity index (χ1v) is 7.67. The van der Waals surface area contributed by atoms with Gasteiger partial charge >= 0.3 is 0 Å². The van der Waals surface area contributed by atoms with Gasteiger partial charge in [0.2, 0.25) is 11.8 Å². The van der Waals surface area contributed by atoms with E-state index in [2.05, 4.69) is 5.32 Å². The zero-order chi connectivity index (χ0) is 13.8. The van der Waals surface area contributed by atoms with E-state index in [9.17, 15) is 9.59 Å². The molecule has 4 nitrogen and oxygen atoms in total. The summed E-state index contributed by atoms with van der Waals surface area (Å²) in [6.45, 7) is 4.83. The fourth-order valence-corrected chi connectivity index (χ4v) is 3.17. The molecule has 1 unspecified atom stereocenters. The lowest BCUT2D eigenvalue weighted by atomic mass is 10.1. The average molecular weight is 266 g/mol. The smallest absolute Gasteiger partial charge is 0.243 e. The molecule has 1 saturated heterocycles. The van der Waals surface area contributed by atoms with Crippen molar-refractivity contribution in [2.24, 2.45) is 5.92 Å². The van der Waals surface area contributed by atoms with E-state index in [4.69, 9.17) is 0 Å². The standard InChI is InChI=1S/C15H26N2O2/c1-11(2)10-14(18)17-9-5-8-13(17)15(19)16-12-6-3-4-7-12/h11-13H,3-10H2,1-2H3,(H,16,19). The highest BCUT2D eigenvalue weighted by Crippen LogP contribution is 2.22. The Morgan fingerprint density at radius 3 is 2.47 bits per heavy atom. The van der Waals surface area contributed by atoms with Crippen molar-refractivity contribution < 1.29 is 9.59 Å². The van der Waals surface area contributed by atoms with Crippen molar-refractivity contribution in [3.63, 3.8) is 0 Å². The normalized spacial score (nSPS) is 24.2. The van der Waals surface area contributed by atoms with Crippen molar-refractivity contribution in [1.29, 1.82) is 0 Å². The van der Waals surface area contributed by atoms with E-state index in [1.807, 2.05) is 13.8 Å². The monoisotopic (exact) mass is 266 g/mol. The predicted molar refractivity (Wildman–Crippen MR) is 74.6 cm³/mol. The molecule has 1 heterocycles. The van der Waals surface area contributed by atoms with Crippen molar-refractivity contribution in [2.45, 2.75) is 70.9 Å². The topological polar surface area (TPSA) is 49.4 Å². The molecule has 1 aliphatic heterocycles. The van der Waals surface area contributed by atoms with Gasteiger partial charge in [0, 0.05) is 19.0 Å². The number of carbonyl (C=O) groups is 2. The van der Waals surface area contributed by atoms with Crippen LogP contribution in [0.25, 0.3) is 0 Å². The summed E-state index contributed by atoms with van der Waals surface area (Å²) in [6, 6.07) is 0.127. The van der Waals surface area contributed by atoms with Gasteiger partial charge in [-0.25, -0.2) is 0 Å². The number of rotatable bonds is 4. The van der Waals surface area contributed by atoms with Crippen LogP contribution in [0.5, 0.6) is 0 Å². The maximum absolute atomic E-state index is 12.3. The minimum atomic E-state index is -0.216. The molecule has 0 aromatic carbocycles. The van der Waals surface area contributed by atoms with Gasteiger partial charge in [0.05, 0.1) is 0 Å². The molecule has 108 valence electrons. The minimum absolute atomic E-state index is 0.0708. The summed E-state index contributed by atoms with van der Waals surface area (Å²) >= 11 is 0. The molecular weight excluding hydrogens is 240 g/mol. The zero-order valence-corrected chi connectivity index (χ0v) is 12.2. The molecular formula is C15H26N2O2. The molecule has 0 aromatic heterocycles. The zero-order valence-electron chi connectivity index (χ0n) is 12.2. The molecule has 4 heteroatoms. The second-order valence-electron chi connectivity index (χ2n) is 6.33. The van der Waals surface area contributed by atoms with Crippen LogP contribution in [-0.4, -0.2) is 35.3 Å². The Kier molecular flexibility index (Phi) is 4.83. The minimum Gasteiger partial charge on any atom is -0.352 e. The first-order valence-electron chi connectivity index (χ1n) is 7.67. The van der Waals surface area contributed by atoms with Crippen LogP contribution in [0.1, 0.15) is 58.8 Å². The lowest BCUT2D eigenvalue weighted by molar-refractivity contribution is -0.139. The molecule has 1 N–H and O–H groups in total. The number of amides is 2. The second-order valence-corrected chi connectivity index (χ2v) is 6.33. The van der Waals surface area contributed by atoms with E-state index < -0.39 is 0 Å². The fraction of sp³-hybridized carbons (Fsp3) is 0.867. The van der Waals surface area contributed by atoms with Crippen LogP contribution in [0.4, 0.5) is 0 Å². The van der Waals surface area contributed by atoms with Crippen molar-refractivity contribution in [3.05, 3.63) is 0 Å². The number of hydrogen-bond donors (Lipinski definition) is 1. The van der Waals surface area contributed by atoms with Crippen LogP contribution in [0, 0.1) is 5.92 Å². The Labute approximate surface area is 115 Å². The van der Waals surface area contributed by atoms with Crippen LogP contribution in [0.3, 0.4) is 0 Å². The third kappa shape index (κ3) is 3.71. The number of carbonyl (C=O) groups excluding carboxylic acids is 2. The van der Waals surface area contributed by atoms with E-state index in [0.717, 1.165) is 32.2 Å². The van der Waals surface area contributed by atoms with E-state index in [0.29, 0.717) is 18.4 Å². The van der Waals surface area contributed by atoms with Crippen molar-refractivity contribution in [1.82, 2.24) is 10.2 Å². The molecule has 1 atom stereocenters. The molecule has 0 radical (unpaired) electrons. The van der Waals surface area contributed by atoms with E-state index >= 15 is 0 Å². The molecule has 0 spiro atoms. The third-order valence-electron chi connectivity index (χ3n) is 4.16. The van der Waals surface area contributed by atoms with Gasteiger partial charge in [-0.15, -0.1) is 0 Å². The summed E-state index contributed by atoms with van der Waals surface area (Å²) in [7, 11) is 0. The van der Waals surface area contributed by atoms with Gasteiger partial charge < -0.3 is 10.2 Å². The summed E-state index contributed by atoms with van der Waals surface area (Å²) in [5, 5.41) is 3.13. The molecule has 2 aliphatic rings. The summed E-state index contributed by atoms with van der Waals surface area (Å²) < 4.78 is 0.